The van der Waals surface area contributed by atoms with E-state index < -0.39 is 0 Å². The summed E-state index contributed by atoms with van der Waals surface area (Å²) in [6.45, 7) is 3.02. The van der Waals surface area contributed by atoms with Gasteiger partial charge < -0.3 is 0 Å². The van der Waals surface area contributed by atoms with E-state index >= 15 is 0 Å². The zero-order valence-corrected chi connectivity index (χ0v) is 4.93. The Morgan fingerprint density at radius 2 is 2.12 bits per heavy atom. The molecule has 0 aromatic heterocycles. The van der Waals surface area contributed by atoms with E-state index in [4.69, 9.17) is 5.26 Å². The van der Waals surface area contributed by atoms with Crippen LogP contribution in [0.25, 0.3) is 0 Å². The van der Waals surface area contributed by atoms with Crippen molar-refractivity contribution in [2.75, 3.05) is 0 Å². The van der Waals surface area contributed by atoms with Gasteiger partial charge in [-0.15, -0.1) is 0 Å². The second kappa shape index (κ2) is 2.98. The highest BCUT2D eigenvalue weighted by Gasteiger charge is 1.85. The average molecular weight is 109 g/mol. The number of rotatable bonds is 1. The molecule has 0 saturated carbocycles. The number of carbonyl (C=O) groups is 1. The van der Waals surface area contributed by atoms with Gasteiger partial charge in [-0.2, -0.15) is 5.26 Å². The first-order valence-electron chi connectivity index (χ1n) is 2.26. The van der Waals surface area contributed by atoms with Gasteiger partial charge in [-0.1, -0.05) is 0 Å². The number of nitrogens with zero attached hydrogens (tertiary/aromatic N) is 1. The van der Waals surface area contributed by atoms with Gasteiger partial charge in [0, 0.05) is 5.57 Å². The predicted molar refractivity (Wildman–Crippen MR) is 30.1 cm³/mol. The maximum Gasteiger partial charge on any atom is 0.153 e. The van der Waals surface area contributed by atoms with E-state index in [0.29, 0.717) is 5.57 Å². The molecule has 0 spiro atoms. The van der Waals surface area contributed by atoms with E-state index in [0.717, 1.165) is 0 Å². The minimum absolute atomic E-state index is 0.0796. The van der Waals surface area contributed by atoms with Crippen LogP contribution >= 0.6 is 0 Å². The summed E-state index contributed by atoms with van der Waals surface area (Å²) in [5.41, 5.74) is 0.456. The second-order valence-corrected chi connectivity index (χ2v) is 1.55. The third-order valence-electron chi connectivity index (χ3n) is 0.596. The lowest BCUT2D eigenvalue weighted by molar-refractivity contribution is -0.112. The molecule has 0 aromatic rings. The first kappa shape index (κ1) is 6.90. The molecule has 0 atom stereocenters. The molecule has 0 heterocycles. The topological polar surface area (TPSA) is 40.9 Å². The van der Waals surface area contributed by atoms with Crippen LogP contribution in [0.3, 0.4) is 0 Å². The average Bonchev–Trinajstić information content (AvgIpc) is 1.65. The number of hydrogen-bond acceptors (Lipinski definition) is 2. The van der Waals surface area contributed by atoms with Crippen LogP contribution in [0.15, 0.2) is 11.6 Å². The highest BCUT2D eigenvalue weighted by Crippen LogP contribution is 1.87. The summed E-state index contributed by atoms with van der Waals surface area (Å²) in [5.74, 6) is -0.0796. The Morgan fingerprint density at radius 3 is 2.25 bits per heavy atom. The lowest BCUT2D eigenvalue weighted by Gasteiger charge is -1.77. The van der Waals surface area contributed by atoms with Gasteiger partial charge in [0.2, 0.25) is 0 Å². The van der Waals surface area contributed by atoms with Gasteiger partial charge >= 0.3 is 0 Å². The Morgan fingerprint density at radius 1 is 1.62 bits per heavy atom. The summed E-state index contributed by atoms with van der Waals surface area (Å²) in [6.07, 6.45) is 1.31. The molecule has 0 aliphatic carbocycles. The molecular formula is C6H7NO. The summed E-state index contributed by atoms with van der Waals surface area (Å²) in [6, 6.07) is 1.84. The van der Waals surface area contributed by atoms with E-state index in [1.807, 2.05) is 6.07 Å². The second-order valence-electron chi connectivity index (χ2n) is 1.55. The van der Waals surface area contributed by atoms with Crippen molar-refractivity contribution in [3.63, 3.8) is 0 Å². The molecule has 0 aliphatic rings. The fourth-order valence-electron chi connectivity index (χ4n) is 0.337. The van der Waals surface area contributed by atoms with Gasteiger partial charge in [0.1, 0.15) is 0 Å². The first-order valence-corrected chi connectivity index (χ1v) is 2.26. The van der Waals surface area contributed by atoms with Crippen LogP contribution in [0.4, 0.5) is 0 Å². The Bertz CT molecular complexity index is 162. The maximum absolute atomic E-state index is 10.2. The van der Waals surface area contributed by atoms with Gasteiger partial charge in [0.15, 0.2) is 5.78 Å². The minimum Gasteiger partial charge on any atom is -0.295 e. The van der Waals surface area contributed by atoms with Gasteiger partial charge in [-0.3, -0.25) is 4.79 Å². The van der Waals surface area contributed by atoms with Crippen LogP contribution in [0, 0.1) is 11.3 Å². The van der Waals surface area contributed by atoms with E-state index in [1.54, 1.807) is 6.92 Å². The molecule has 0 radical (unpaired) electrons. The molecule has 2 heteroatoms. The molecule has 0 aliphatic heterocycles. The quantitative estimate of drug-likeness (QED) is 0.373. The van der Waals surface area contributed by atoms with Gasteiger partial charge in [0.05, 0.1) is 6.07 Å². The lowest BCUT2D eigenvalue weighted by Crippen LogP contribution is -1.81. The Balaban J connectivity index is 4.01. The molecule has 8 heavy (non-hydrogen) atoms. The third-order valence-corrected chi connectivity index (χ3v) is 0.596. The van der Waals surface area contributed by atoms with Crippen LogP contribution in [0.1, 0.15) is 13.8 Å². The summed E-state index contributed by atoms with van der Waals surface area (Å²) < 4.78 is 0. The number of ketones is 1. The maximum atomic E-state index is 10.2. The molecular weight excluding hydrogens is 102 g/mol. The summed E-state index contributed by atoms with van der Waals surface area (Å²) in [5, 5.41) is 8.11. The first-order chi connectivity index (χ1) is 3.66. The zero-order valence-electron chi connectivity index (χ0n) is 4.93. The van der Waals surface area contributed by atoms with E-state index in [2.05, 4.69) is 0 Å². The zero-order chi connectivity index (χ0) is 6.57. The molecule has 0 amide bonds. The van der Waals surface area contributed by atoms with E-state index in [9.17, 15) is 4.79 Å². The van der Waals surface area contributed by atoms with Crippen LogP contribution < -0.4 is 0 Å². The molecule has 0 unspecified atom stereocenters. The third kappa shape index (κ3) is 3.10. The van der Waals surface area contributed by atoms with Gasteiger partial charge in [0.25, 0.3) is 0 Å². The van der Waals surface area contributed by atoms with Crippen molar-refractivity contribution in [3.05, 3.63) is 11.6 Å². The molecule has 0 N–H and O–H groups in total. The molecule has 0 rings (SSSR count). The number of allylic oxidation sites excluding steroid dienone is 2. The number of carbonyl (C=O) groups excluding carboxylic acids is 1. The fourth-order valence-corrected chi connectivity index (χ4v) is 0.337. The smallest absolute Gasteiger partial charge is 0.153 e. The Hall–Kier alpha value is -1.10. The summed E-state index contributed by atoms with van der Waals surface area (Å²) in [7, 11) is 0. The normalized spacial score (nSPS) is 10.4. The summed E-state index contributed by atoms with van der Waals surface area (Å²) >= 11 is 0. The minimum atomic E-state index is -0.0796. The van der Waals surface area contributed by atoms with Crippen molar-refractivity contribution < 1.29 is 4.79 Å². The molecule has 42 valence electrons. The fraction of sp³-hybridized carbons (Fsp3) is 0.333. The van der Waals surface area contributed by atoms with Crippen molar-refractivity contribution in [1.82, 2.24) is 0 Å². The number of hydrogen-bond donors (Lipinski definition) is 0. The Labute approximate surface area is 48.4 Å². The van der Waals surface area contributed by atoms with Crippen molar-refractivity contribution >= 4 is 5.78 Å². The molecule has 0 aromatic carbocycles. The molecule has 2 nitrogen and oxygen atoms in total. The van der Waals surface area contributed by atoms with Crippen LogP contribution in [-0.2, 0) is 4.79 Å². The monoisotopic (exact) mass is 109 g/mol. The number of nitriles is 1. The molecule has 0 saturated heterocycles. The predicted octanol–water partition coefficient (Wildman–Crippen LogP) is 1.05. The Kier molecular flexibility index (Phi) is 2.57. The van der Waals surface area contributed by atoms with Crippen molar-refractivity contribution in [1.29, 1.82) is 5.26 Å². The van der Waals surface area contributed by atoms with Crippen molar-refractivity contribution in [2.24, 2.45) is 0 Å². The summed E-state index contributed by atoms with van der Waals surface area (Å²) in [4.78, 5) is 10.2. The lowest BCUT2D eigenvalue weighted by atomic mass is 10.3. The van der Waals surface area contributed by atoms with Gasteiger partial charge in [-0.25, -0.2) is 0 Å². The SMILES string of the molecule is CC(=O)/C=C(\C)C#N. The van der Waals surface area contributed by atoms with Crippen LogP contribution in [0.5, 0.6) is 0 Å². The van der Waals surface area contributed by atoms with Crippen LogP contribution in [0.2, 0.25) is 0 Å². The van der Waals surface area contributed by atoms with Crippen molar-refractivity contribution in [2.45, 2.75) is 13.8 Å². The van der Waals surface area contributed by atoms with Gasteiger partial charge in [-0.05, 0) is 19.9 Å². The molecule has 0 bridgehead atoms. The highest BCUT2D eigenvalue weighted by molar-refractivity contribution is 5.88. The standard InChI is InChI=1S/C6H7NO/c1-5(4-7)3-6(2)8/h3H,1-2H3/b5-3+. The van der Waals surface area contributed by atoms with E-state index in [1.165, 1.54) is 13.0 Å². The van der Waals surface area contributed by atoms with Crippen molar-refractivity contribution in [3.8, 4) is 6.07 Å². The highest BCUT2D eigenvalue weighted by atomic mass is 16.1. The molecule has 0 fully saturated rings. The van der Waals surface area contributed by atoms with E-state index in [-0.39, 0.29) is 5.78 Å². The van der Waals surface area contributed by atoms with Crippen LogP contribution in [-0.4, -0.2) is 5.78 Å². The largest absolute Gasteiger partial charge is 0.295 e.